The fourth-order valence-corrected chi connectivity index (χ4v) is 1.67. The molecule has 3 nitrogen and oxygen atoms in total. The van der Waals surface area contributed by atoms with Crippen LogP contribution in [0.1, 0.15) is 18.1 Å². The van der Waals surface area contributed by atoms with Crippen LogP contribution < -0.4 is 4.74 Å². The average Bonchev–Trinajstić information content (AvgIpc) is 2.52. The van der Waals surface area contributed by atoms with E-state index in [1.54, 1.807) is 13.0 Å². The third-order valence-electron chi connectivity index (χ3n) is 2.80. The molecule has 1 N–H and O–H groups in total. The van der Waals surface area contributed by atoms with Crippen molar-refractivity contribution in [1.29, 1.82) is 0 Å². The molecule has 0 saturated heterocycles. The van der Waals surface area contributed by atoms with Gasteiger partial charge in [-0.05, 0) is 36.3 Å². The molecule has 2 aromatic carbocycles. The molecule has 0 aromatic heterocycles. The highest BCUT2D eigenvalue weighted by Gasteiger charge is 1.95. The standard InChI is InChI=1S/C17H17NO2/c1-14(18-19)7-8-15-9-11-17(12-10-15)20-13-16-5-3-2-4-6-16/h2-12,19H,13H2,1H3/b8-7+,18-14?. The first-order valence-electron chi connectivity index (χ1n) is 6.41. The first kappa shape index (κ1) is 13.9. The molecule has 0 amide bonds. The van der Waals surface area contributed by atoms with E-state index in [1.807, 2.05) is 60.7 Å². The number of allylic oxidation sites excluding steroid dienone is 1. The van der Waals surface area contributed by atoms with Crippen LogP contribution in [-0.4, -0.2) is 10.9 Å². The number of nitrogens with zero attached hydrogens (tertiary/aromatic N) is 1. The van der Waals surface area contributed by atoms with Crippen molar-refractivity contribution in [3.63, 3.8) is 0 Å². The van der Waals surface area contributed by atoms with Gasteiger partial charge in [-0.3, -0.25) is 0 Å². The molecule has 0 bridgehead atoms. The van der Waals surface area contributed by atoms with E-state index in [9.17, 15) is 0 Å². The van der Waals surface area contributed by atoms with Crippen molar-refractivity contribution in [3.05, 3.63) is 71.8 Å². The highest BCUT2D eigenvalue weighted by atomic mass is 16.5. The zero-order valence-corrected chi connectivity index (χ0v) is 11.4. The summed E-state index contributed by atoms with van der Waals surface area (Å²) in [6, 6.07) is 17.8. The third kappa shape index (κ3) is 4.28. The monoisotopic (exact) mass is 267 g/mol. The lowest BCUT2D eigenvalue weighted by Gasteiger charge is -2.06. The first-order chi connectivity index (χ1) is 9.78. The highest BCUT2D eigenvalue weighted by Crippen LogP contribution is 2.15. The molecule has 0 aliphatic heterocycles. The number of benzene rings is 2. The molecule has 0 atom stereocenters. The van der Waals surface area contributed by atoms with Gasteiger partial charge in [0.1, 0.15) is 12.4 Å². The van der Waals surface area contributed by atoms with Crippen LogP contribution in [0, 0.1) is 0 Å². The lowest BCUT2D eigenvalue weighted by Crippen LogP contribution is -1.94. The normalized spacial score (nSPS) is 11.8. The molecule has 0 aliphatic rings. The summed E-state index contributed by atoms with van der Waals surface area (Å²) in [5.41, 5.74) is 2.74. The molecule has 0 saturated carbocycles. The maximum absolute atomic E-state index is 8.55. The van der Waals surface area contributed by atoms with Crippen LogP contribution in [0.5, 0.6) is 5.75 Å². The molecule has 3 heteroatoms. The summed E-state index contributed by atoms with van der Waals surface area (Å²) in [5.74, 6) is 0.832. The van der Waals surface area contributed by atoms with Crippen molar-refractivity contribution >= 4 is 11.8 Å². The maximum atomic E-state index is 8.55. The summed E-state index contributed by atoms with van der Waals surface area (Å²) in [5, 5.41) is 11.6. The van der Waals surface area contributed by atoms with Crippen molar-refractivity contribution < 1.29 is 9.94 Å². The lowest BCUT2D eigenvalue weighted by molar-refractivity contribution is 0.306. The van der Waals surface area contributed by atoms with E-state index < -0.39 is 0 Å². The Kier molecular flexibility index (Phi) is 4.95. The van der Waals surface area contributed by atoms with Gasteiger partial charge < -0.3 is 9.94 Å². The van der Waals surface area contributed by atoms with Gasteiger partial charge in [-0.2, -0.15) is 0 Å². The van der Waals surface area contributed by atoms with Gasteiger partial charge in [0, 0.05) is 0 Å². The van der Waals surface area contributed by atoms with Crippen molar-refractivity contribution in [3.8, 4) is 5.75 Å². The molecule has 0 fully saturated rings. The second-order valence-electron chi connectivity index (χ2n) is 4.42. The van der Waals surface area contributed by atoms with E-state index in [4.69, 9.17) is 9.94 Å². The zero-order chi connectivity index (χ0) is 14.2. The van der Waals surface area contributed by atoms with E-state index in [0.29, 0.717) is 12.3 Å². The molecule has 2 rings (SSSR count). The second-order valence-corrected chi connectivity index (χ2v) is 4.42. The van der Waals surface area contributed by atoms with Gasteiger partial charge in [0.2, 0.25) is 0 Å². The Morgan fingerprint density at radius 3 is 2.45 bits per heavy atom. The largest absolute Gasteiger partial charge is 0.489 e. The Morgan fingerprint density at radius 1 is 1.10 bits per heavy atom. The maximum Gasteiger partial charge on any atom is 0.119 e. The van der Waals surface area contributed by atoms with Gasteiger partial charge in [-0.25, -0.2) is 0 Å². The van der Waals surface area contributed by atoms with Crippen LogP contribution in [0.25, 0.3) is 6.08 Å². The average molecular weight is 267 g/mol. The van der Waals surface area contributed by atoms with Gasteiger partial charge in [0.15, 0.2) is 0 Å². The number of ether oxygens (including phenoxy) is 1. The van der Waals surface area contributed by atoms with E-state index in [2.05, 4.69) is 5.16 Å². The summed E-state index contributed by atoms with van der Waals surface area (Å²) in [7, 11) is 0. The molecular formula is C17H17NO2. The minimum atomic E-state index is 0.562. The first-order valence-corrected chi connectivity index (χ1v) is 6.41. The third-order valence-corrected chi connectivity index (χ3v) is 2.80. The molecular weight excluding hydrogens is 250 g/mol. The Hall–Kier alpha value is -2.55. The van der Waals surface area contributed by atoms with E-state index in [1.165, 1.54) is 0 Å². The summed E-state index contributed by atoms with van der Waals surface area (Å²) in [4.78, 5) is 0. The quantitative estimate of drug-likeness (QED) is 0.503. The number of rotatable bonds is 5. The van der Waals surface area contributed by atoms with Crippen LogP contribution in [0.3, 0.4) is 0 Å². The minimum absolute atomic E-state index is 0.562. The smallest absolute Gasteiger partial charge is 0.119 e. The van der Waals surface area contributed by atoms with Crippen LogP contribution in [0.2, 0.25) is 0 Å². The van der Waals surface area contributed by atoms with Crippen LogP contribution in [0.15, 0.2) is 65.8 Å². The fraction of sp³-hybridized carbons (Fsp3) is 0.118. The summed E-state index contributed by atoms with van der Waals surface area (Å²) < 4.78 is 5.71. The Bertz CT molecular complexity index is 586. The Morgan fingerprint density at radius 2 is 1.80 bits per heavy atom. The molecule has 102 valence electrons. The predicted molar refractivity (Wildman–Crippen MR) is 81.1 cm³/mol. The van der Waals surface area contributed by atoms with Crippen molar-refractivity contribution in [2.24, 2.45) is 5.16 Å². The van der Waals surface area contributed by atoms with Gasteiger partial charge in [-0.1, -0.05) is 53.7 Å². The molecule has 20 heavy (non-hydrogen) atoms. The summed E-state index contributed by atoms with van der Waals surface area (Å²) >= 11 is 0. The summed E-state index contributed by atoms with van der Waals surface area (Å²) in [6.45, 7) is 2.29. The number of oxime groups is 1. The second kappa shape index (κ2) is 7.14. The van der Waals surface area contributed by atoms with Gasteiger partial charge in [0.05, 0.1) is 5.71 Å². The molecule has 0 spiro atoms. The molecule has 0 aliphatic carbocycles. The number of hydrogen-bond donors (Lipinski definition) is 1. The summed E-state index contributed by atoms with van der Waals surface area (Å²) in [6.07, 6.45) is 3.63. The van der Waals surface area contributed by atoms with Crippen molar-refractivity contribution in [2.45, 2.75) is 13.5 Å². The highest BCUT2D eigenvalue weighted by molar-refractivity contribution is 5.95. The number of hydrogen-bond acceptors (Lipinski definition) is 3. The Labute approximate surface area is 118 Å². The van der Waals surface area contributed by atoms with Gasteiger partial charge >= 0.3 is 0 Å². The minimum Gasteiger partial charge on any atom is -0.489 e. The molecule has 0 radical (unpaired) electrons. The van der Waals surface area contributed by atoms with Crippen LogP contribution in [-0.2, 0) is 6.61 Å². The van der Waals surface area contributed by atoms with E-state index >= 15 is 0 Å². The van der Waals surface area contributed by atoms with Crippen LogP contribution in [0.4, 0.5) is 0 Å². The van der Waals surface area contributed by atoms with E-state index in [-0.39, 0.29) is 0 Å². The molecule has 0 heterocycles. The van der Waals surface area contributed by atoms with Crippen molar-refractivity contribution in [1.82, 2.24) is 0 Å². The van der Waals surface area contributed by atoms with Gasteiger partial charge in [0.25, 0.3) is 0 Å². The lowest BCUT2D eigenvalue weighted by atomic mass is 10.2. The van der Waals surface area contributed by atoms with E-state index in [0.717, 1.165) is 16.9 Å². The van der Waals surface area contributed by atoms with Gasteiger partial charge in [-0.15, -0.1) is 0 Å². The molecule has 2 aromatic rings. The SMILES string of the molecule is CC(/C=C/c1ccc(OCc2ccccc2)cc1)=NO. The zero-order valence-electron chi connectivity index (χ0n) is 11.4. The van der Waals surface area contributed by atoms with Crippen LogP contribution >= 0.6 is 0 Å². The topological polar surface area (TPSA) is 41.8 Å². The fourth-order valence-electron chi connectivity index (χ4n) is 1.67. The Balaban J connectivity index is 1.93. The van der Waals surface area contributed by atoms with Crippen molar-refractivity contribution in [2.75, 3.05) is 0 Å². The molecule has 0 unspecified atom stereocenters. The predicted octanol–water partition coefficient (Wildman–Crippen LogP) is 4.13.